The van der Waals surface area contributed by atoms with Crippen molar-refractivity contribution in [2.75, 3.05) is 39.6 Å². The molecule has 0 fully saturated rings. The molecule has 3 unspecified atom stereocenters. The first-order valence-electron chi connectivity index (χ1n) is 34.5. The number of esters is 4. The predicted molar refractivity (Wildman–Crippen MR) is 340 cm³/mol. The van der Waals surface area contributed by atoms with E-state index in [2.05, 4.69) is 41.5 Å². The first kappa shape index (κ1) is 83.1. The fourth-order valence-corrected chi connectivity index (χ4v) is 11.4. The van der Waals surface area contributed by atoms with Crippen LogP contribution >= 0.6 is 15.6 Å². The van der Waals surface area contributed by atoms with Crippen molar-refractivity contribution in [1.29, 1.82) is 0 Å². The highest BCUT2D eigenvalue weighted by Gasteiger charge is 2.30. The quantitative estimate of drug-likeness (QED) is 0.0222. The first-order valence-corrected chi connectivity index (χ1v) is 37.5. The van der Waals surface area contributed by atoms with E-state index in [1.54, 1.807) is 0 Å². The van der Waals surface area contributed by atoms with Crippen LogP contribution in [0.4, 0.5) is 0 Å². The Kier molecular flexibility index (Phi) is 57.1. The molecule has 85 heavy (non-hydrogen) atoms. The van der Waals surface area contributed by atoms with E-state index in [0.717, 1.165) is 102 Å². The number of aliphatic hydroxyl groups excluding tert-OH is 1. The van der Waals surface area contributed by atoms with E-state index >= 15 is 0 Å². The lowest BCUT2D eigenvalue weighted by Crippen LogP contribution is -2.30. The summed E-state index contributed by atoms with van der Waals surface area (Å²) in [5.41, 5.74) is 0. The van der Waals surface area contributed by atoms with Crippen LogP contribution in [0, 0.1) is 11.8 Å². The zero-order valence-corrected chi connectivity index (χ0v) is 56.7. The smallest absolute Gasteiger partial charge is 0.462 e. The Morgan fingerprint density at radius 2 is 0.600 bits per heavy atom. The Labute approximate surface area is 517 Å². The highest BCUT2D eigenvalue weighted by molar-refractivity contribution is 7.47. The molecule has 0 bridgehead atoms. The second-order valence-corrected chi connectivity index (χ2v) is 27.5. The molecule has 0 saturated carbocycles. The molecule has 0 aromatic rings. The van der Waals surface area contributed by atoms with Gasteiger partial charge in [0, 0.05) is 25.7 Å². The van der Waals surface area contributed by atoms with Crippen LogP contribution in [0.1, 0.15) is 330 Å². The zero-order chi connectivity index (χ0) is 62.9. The van der Waals surface area contributed by atoms with E-state index in [1.807, 2.05) is 0 Å². The van der Waals surface area contributed by atoms with Gasteiger partial charge in [0.05, 0.1) is 26.4 Å². The number of phosphoric ester groups is 2. The van der Waals surface area contributed by atoms with Crippen molar-refractivity contribution in [3.05, 3.63) is 0 Å². The van der Waals surface area contributed by atoms with Gasteiger partial charge in [-0.05, 0) is 37.5 Å². The second kappa shape index (κ2) is 58.4. The third-order valence-electron chi connectivity index (χ3n) is 15.6. The number of unbranched alkanes of at least 4 members (excludes halogenated alkanes) is 34. The maximum Gasteiger partial charge on any atom is 0.472 e. The van der Waals surface area contributed by atoms with Gasteiger partial charge in [-0.15, -0.1) is 0 Å². The van der Waals surface area contributed by atoms with Gasteiger partial charge in [-0.1, -0.05) is 279 Å². The Morgan fingerprint density at radius 1 is 0.341 bits per heavy atom. The van der Waals surface area contributed by atoms with E-state index < -0.39 is 97.5 Å². The Bertz CT molecular complexity index is 1670. The Morgan fingerprint density at radius 3 is 0.894 bits per heavy atom. The van der Waals surface area contributed by atoms with Gasteiger partial charge in [-0.2, -0.15) is 0 Å². The van der Waals surface area contributed by atoms with Gasteiger partial charge in [0.25, 0.3) is 0 Å². The molecular formula is C66H128O17P2. The van der Waals surface area contributed by atoms with Crippen molar-refractivity contribution >= 4 is 39.5 Å². The molecule has 0 heterocycles. The second-order valence-electron chi connectivity index (χ2n) is 24.6. The lowest BCUT2D eigenvalue weighted by Gasteiger charge is -2.21. The zero-order valence-electron chi connectivity index (χ0n) is 54.9. The van der Waals surface area contributed by atoms with Crippen molar-refractivity contribution in [3.8, 4) is 0 Å². The molecule has 0 spiro atoms. The summed E-state index contributed by atoms with van der Waals surface area (Å²) >= 11 is 0. The topological polar surface area (TPSA) is 237 Å². The number of carbonyl (C=O) groups is 4. The molecule has 0 aromatic heterocycles. The van der Waals surface area contributed by atoms with Gasteiger partial charge < -0.3 is 33.8 Å². The van der Waals surface area contributed by atoms with Crippen LogP contribution in [-0.4, -0.2) is 96.7 Å². The van der Waals surface area contributed by atoms with Crippen LogP contribution in [0.25, 0.3) is 0 Å². The molecule has 504 valence electrons. The predicted octanol–water partition coefficient (Wildman–Crippen LogP) is 18.4. The molecule has 0 rings (SSSR count). The Balaban J connectivity index is 5.15. The molecule has 0 aliphatic rings. The average molecular weight is 1260 g/mol. The van der Waals surface area contributed by atoms with Gasteiger partial charge >= 0.3 is 39.5 Å². The molecule has 19 heteroatoms. The summed E-state index contributed by atoms with van der Waals surface area (Å²) < 4.78 is 67.9. The maximum atomic E-state index is 13.0. The summed E-state index contributed by atoms with van der Waals surface area (Å²) in [7, 11) is -9.88. The molecule has 17 nitrogen and oxygen atoms in total. The summed E-state index contributed by atoms with van der Waals surface area (Å²) in [6.45, 7) is 9.41. The molecule has 0 amide bonds. The SMILES string of the molecule is CCCCCCCCCCCCCCC(=O)OC[C@H](COP(=O)(O)OC[C@@H](O)COP(=O)(O)OC[C@@H](COC(=O)CCCCCCC)OC(=O)CCCCCCCCCC(C)C)OC(=O)CCCCCCCCCCCCCCCCC(C)CC. The number of hydrogen-bond acceptors (Lipinski definition) is 15. The molecule has 3 N–H and O–H groups in total. The number of phosphoric acid groups is 2. The van der Waals surface area contributed by atoms with Gasteiger partial charge in [-0.25, -0.2) is 9.13 Å². The largest absolute Gasteiger partial charge is 0.472 e. The molecule has 0 aliphatic heterocycles. The van der Waals surface area contributed by atoms with Crippen LogP contribution in [0.2, 0.25) is 0 Å². The van der Waals surface area contributed by atoms with Crippen LogP contribution in [-0.2, 0) is 65.4 Å². The maximum absolute atomic E-state index is 13.0. The van der Waals surface area contributed by atoms with E-state index in [4.69, 9.17) is 37.0 Å². The molecule has 0 radical (unpaired) electrons. The molecule has 0 saturated heterocycles. The van der Waals surface area contributed by atoms with E-state index in [0.29, 0.717) is 31.6 Å². The first-order chi connectivity index (χ1) is 40.9. The fraction of sp³-hybridized carbons (Fsp3) is 0.939. The van der Waals surface area contributed by atoms with Crippen molar-refractivity contribution in [1.82, 2.24) is 0 Å². The summed E-state index contributed by atoms with van der Waals surface area (Å²) in [6, 6.07) is 0. The van der Waals surface area contributed by atoms with E-state index in [1.165, 1.54) is 141 Å². The number of carbonyl (C=O) groups excluding carboxylic acids is 4. The monoisotopic (exact) mass is 1250 g/mol. The van der Waals surface area contributed by atoms with Gasteiger partial charge in [0.1, 0.15) is 19.3 Å². The molecule has 6 atom stereocenters. The van der Waals surface area contributed by atoms with E-state index in [9.17, 15) is 43.2 Å². The normalized spacial score (nSPS) is 14.6. The third kappa shape index (κ3) is 59.5. The number of ether oxygens (including phenoxy) is 4. The molecule has 0 aliphatic carbocycles. The lowest BCUT2D eigenvalue weighted by molar-refractivity contribution is -0.161. The number of rotatable bonds is 65. The summed E-state index contributed by atoms with van der Waals surface area (Å²) in [5, 5.41) is 10.5. The Hall–Kier alpha value is -1.94. The summed E-state index contributed by atoms with van der Waals surface area (Å²) in [4.78, 5) is 72.0. The standard InChI is InChI=1S/C66H128O17P2/c1-7-10-12-14-15-16-17-23-26-31-37-43-49-64(69)77-55-62(83-65(70)50-44-38-32-27-24-21-19-18-20-22-25-30-36-41-47-59(6)9-3)57-81-85(74,75)79-53-60(67)52-78-84(72,73)80-56-61(54-76-63(68)48-42-34-13-11-8-2)82-66(71)51-45-39-33-28-29-35-40-46-58(4)5/h58-62,67H,7-57H2,1-6H3,(H,72,73)(H,74,75)/t59?,60-,61+,62+/m0/s1. The minimum atomic E-state index is -4.95. The molecular weight excluding hydrogens is 1130 g/mol. The summed E-state index contributed by atoms with van der Waals surface area (Å²) in [6.07, 6.45) is 42.1. The average Bonchev–Trinajstić information content (AvgIpc) is 3.53. The fourth-order valence-electron chi connectivity index (χ4n) is 9.85. The van der Waals surface area contributed by atoms with Crippen LogP contribution in [0.3, 0.4) is 0 Å². The van der Waals surface area contributed by atoms with Gasteiger partial charge in [-0.3, -0.25) is 37.3 Å². The van der Waals surface area contributed by atoms with Crippen LogP contribution in [0.15, 0.2) is 0 Å². The minimum absolute atomic E-state index is 0.102. The van der Waals surface area contributed by atoms with Crippen molar-refractivity contribution in [2.24, 2.45) is 11.8 Å². The highest BCUT2D eigenvalue weighted by atomic mass is 31.2. The minimum Gasteiger partial charge on any atom is -0.462 e. The highest BCUT2D eigenvalue weighted by Crippen LogP contribution is 2.45. The van der Waals surface area contributed by atoms with Crippen LogP contribution in [0.5, 0.6) is 0 Å². The van der Waals surface area contributed by atoms with Crippen molar-refractivity contribution in [3.63, 3.8) is 0 Å². The number of aliphatic hydroxyl groups is 1. The molecule has 0 aromatic carbocycles. The third-order valence-corrected chi connectivity index (χ3v) is 17.5. The van der Waals surface area contributed by atoms with Crippen LogP contribution < -0.4 is 0 Å². The lowest BCUT2D eigenvalue weighted by atomic mass is 9.99. The number of hydrogen-bond donors (Lipinski definition) is 3. The van der Waals surface area contributed by atoms with Gasteiger partial charge in [0.15, 0.2) is 12.2 Å². The van der Waals surface area contributed by atoms with E-state index in [-0.39, 0.29) is 25.7 Å². The summed E-state index contributed by atoms with van der Waals surface area (Å²) in [5.74, 6) is -0.600. The van der Waals surface area contributed by atoms with Crippen molar-refractivity contribution < 1.29 is 80.2 Å². The van der Waals surface area contributed by atoms with Gasteiger partial charge in [0.2, 0.25) is 0 Å². The van der Waals surface area contributed by atoms with Crippen molar-refractivity contribution in [2.45, 2.75) is 349 Å².